The Hall–Kier alpha value is -1.91. The average Bonchev–Trinajstić information content (AvgIpc) is 2.76. The number of halogens is 1. The smallest absolute Gasteiger partial charge is 0.194 e. The molecule has 0 amide bonds. The van der Waals surface area contributed by atoms with Crippen molar-refractivity contribution >= 4 is 45.8 Å². The van der Waals surface area contributed by atoms with Gasteiger partial charge in [-0.2, -0.15) is 0 Å². The van der Waals surface area contributed by atoms with Gasteiger partial charge >= 0.3 is 0 Å². The summed E-state index contributed by atoms with van der Waals surface area (Å²) >= 11 is 0. The predicted molar refractivity (Wildman–Crippen MR) is 144 cm³/mol. The summed E-state index contributed by atoms with van der Waals surface area (Å²) < 4.78 is 22.8. The van der Waals surface area contributed by atoms with Crippen LogP contribution in [0.3, 0.4) is 0 Å². The molecule has 6 nitrogen and oxygen atoms in total. The monoisotopic (exact) mass is 568 g/mol. The Kier molecular flexibility index (Phi) is 10.7. The van der Waals surface area contributed by atoms with Crippen LogP contribution in [0.4, 0.5) is 0 Å². The summed E-state index contributed by atoms with van der Waals surface area (Å²) in [5.74, 6) is 0.979. The molecule has 0 saturated carbocycles. The summed E-state index contributed by atoms with van der Waals surface area (Å²) in [5.41, 5.74) is 3.14. The highest BCUT2D eigenvalue weighted by Crippen LogP contribution is 2.09. The standard InChI is InChI=1S/C24H32N4O2S.HI/c1-25-24(26-19-22-10-12-23(13-11-22)20-31(2,29)30)28-17-15-27(16-18-28)14-6-9-21-7-4-3-5-8-21;/h3-13H,14-20H2,1-2H3,(H,25,26);1H/b9-6+;. The topological polar surface area (TPSA) is 65.0 Å². The van der Waals surface area contributed by atoms with E-state index < -0.39 is 9.84 Å². The minimum atomic E-state index is -3.01. The van der Waals surface area contributed by atoms with Crippen molar-refractivity contribution < 1.29 is 8.42 Å². The summed E-state index contributed by atoms with van der Waals surface area (Å²) in [4.78, 5) is 9.17. The van der Waals surface area contributed by atoms with Gasteiger partial charge in [0, 0.05) is 52.6 Å². The quantitative estimate of drug-likeness (QED) is 0.316. The van der Waals surface area contributed by atoms with E-state index >= 15 is 0 Å². The minimum Gasteiger partial charge on any atom is -0.352 e. The number of hydrogen-bond acceptors (Lipinski definition) is 4. The zero-order chi connectivity index (χ0) is 22.1. The van der Waals surface area contributed by atoms with Crippen LogP contribution in [0.25, 0.3) is 6.08 Å². The number of rotatable bonds is 7. The zero-order valence-electron chi connectivity index (χ0n) is 18.8. The third-order valence-electron chi connectivity index (χ3n) is 5.26. The van der Waals surface area contributed by atoms with Gasteiger partial charge in [0.1, 0.15) is 0 Å². The Morgan fingerprint density at radius 3 is 2.22 bits per heavy atom. The first-order valence-corrected chi connectivity index (χ1v) is 12.6. The highest BCUT2D eigenvalue weighted by Gasteiger charge is 2.18. The molecular formula is C24H33IN4O2S. The molecular weight excluding hydrogens is 535 g/mol. The van der Waals surface area contributed by atoms with E-state index in [-0.39, 0.29) is 29.7 Å². The van der Waals surface area contributed by atoms with Crippen LogP contribution in [0.15, 0.2) is 65.7 Å². The number of guanidine groups is 1. The summed E-state index contributed by atoms with van der Waals surface area (Å²) in [6, 6.07) is 18.1. The Balaban J connectivity index is 0.00000363. The minimum absolute atomic E-state index is 0. The first kappa shape index (κ1) is 26.3. The number of nitrogens with zero attached hydrogens (tertiary/aromatic N) is 3. The maximum absolute atomic E-state index is 11.4. The van der Waals surface area contributed by atoms with Crippen molar-refractivity contribution in [3.63, 3.8) is 0 Å². The Morgan fingerprint density at radius 1 is 1.00 bits per heavy atom. The molecule has 3 rings (SSSR count). The largest absolute Gasteiger partial charge is 0.352 e. The summed E-state index contributed by atoms with van der Waals surface area (Å²) in [7, 11) is -1.20. The summed E-state index contributed by atoms with van der Waals surface area (Å²) in [6.45, 7) is 5.48. The third-order valence-corrected chi connectivity index (χ3v) is 6.12. The number of piperazine rings is 1. The molecule has 0 bridgehead atoms. The van der Waals surface area contributed by atoms with Gasteiger partial charge in [-0.1, -0.05) is 66.7 Å². The maximum atomic E-state index is 11.4. The van der Waals surface area contributed by atoms with E-state index in [0.29, 0.717) is 6.54 Å². The van der Waals surface area contributed by atoms with Crippen molar-refractivity contribution in [2.75, 3.05) is 46.0 Å². The van der Waals surface area contributed by atoms with E-state index in [1.807, 2.05) is 37.4 Å². The molecule has 1 heterocycles. The van der Waals surface area contributed by atoms with E-state index in [9.17, 15) is 8.42 Å². The van der Waals surface area contributed by atoms with E-state index in [1.54, 1.807) is 0 Å². The SMILES string of the molecule is CN=C(NCc1ccc(CS(C)(=O)=O)cc1)N1CCN(C/C=C/c2ccccc2)CC1.I. The van der Waals surface area contributed by atoms with Gasteiger partial charge in [-0.15, -0.1) is 24.0 Å². The van der Waals surface area contributed by atoms with Crippen molar-refractivity contribution in [3.05, 3.63) is 77.4 Å². The molecule has 0 radical (unpaired) electrons. The molecule has 8 heteroatoms. The van der Waals surface area contributed by atoms with E-state index in [1.165, 1.54) is 11.8 Å². The lowest BCUT2D eigenvalue weighted by Gasteiger charge is -2.36. The van der Waals surface area contributed by atoms with Gasteiger partial charge in [-0.05, 0) is 16.7 Å². The number of nitrogens with one attached hydrogen (secondary N) is 1. The van der Waals surface area contributed by atoms with Crippen molar-refractivity contribution in [1.29, 1.82) is 0 Å². The van der Waals surface area contributed by atoms with E-state index in [0.717, 1.165) is 49.8 Å². The predicted octanol–water partition coefficient (Wildman–Crippen LogP) is 3.26. The van der Waals surface area contributed by atoms with Crippen LogP contribution in [-0.4, -0.2) is 70.2 Å². The second-order valence-corrected chi connectivity index (χ2v) is 10.0. The Morgan fingerprint density at radius 2 is 1.62 bits per heavy atom. The first-order valence-electron chi connectivity index (χ1n) is 10.6. The molecule has 1 aliphatic heterocycles. The Labute approximate surface area is 209 Å². The van der Waals surface area contributed by atoms with Gasteiger partial charge in [0.25, 0.3) is 0 Å². The van der Waals surface area contributed by atoms with Crippen LogP contribution in [0.1, 0.15) is 16.7 Å². The van der Waals surface area contributed by atoms with Gasteiger partial charge in [0.15, 0.2) is 15.8 Å². The normalized spacial score (nSPS) is 15.6. The van der Waals surface area contributed by atoms with Crippen LogP contribution in [-0.2, 0) is 22.1 Å². The Bertz CT molecular complexity index is 984. The molecule has 1 saturated heterocycles. The fourth-order valence-corrected chi connectivity index (χ4v) is 4.41. The highest BCUT2D eigenvalue weighted by atomic mass is 127. The molecule has 0 atom stereocenters. The number of hydrogen-bond donors (Lipinski definition) is 1. The molecule has 174 valence electrons. The summed E-state index contributed by atoms with van der Waals surface area (Å²) in [5, 5.41) is 3.43. The lowest BCUT2D eigenvalue weighted by molar-refractivity contribution is 0.194. The number of benzene rings is 2. The summed E-state index contributed by atoms with van der Waals surface area (Å²) in [6.07, 6.45) is 5.66. The molecule has 0 spiro atoms. The second kappa shape index (κ2) is 13.0. The van der Waals surface area contributed by atoms with Gasteiger partial charge < -0.3 is 10.2 Å². The molecule has 2 aromatic rings. The lowest BCUT2D eigenvalue weighted by Crippen LogP contribution is -2.52. The first-order chi connectivity index (χ1) is 14.9. The molecule has 0 unspecified atom stereocenters. The van der Waals surface area contributed by atoms with Crippen molar-refractivity contribution in [3.8, 4) is 0 Å². The maximum Gasteiger partial charge on any atom is 0.194 e. The van der Waals surface area contributed by atoms with Gasteiger partial charge in [-0.25, -0.2) is 8.42 Å². The van der Waals surface area contributed by atoms with E-state index in [2.05, 4.69) is 56.5 Å². The van der Waals surface area contributed by atoms with Crippen LogP contribution in [0, 0.1) is 0 Å². The molecule has 2 aromatic carbocycles. The molecule has 32 heavy (non-hydrogen) atoms. The highest BCUT2D eigenvalue weighted by molar-refractivity contribution is 14.0. The van der Waals surface area contributed by atoms with Crippen molar-refractivity contribution in [2.45, 2.75) is 12.3 Å². The van der Waals surface area contributed by atoms with Crippen LogP contribution in [0.2, 0.25) is 0 Å². The fraction of sp³-hybridized carbons (Fsp3) is 0.375. The van der Waals surface area contributed by atoms with Crippen LogP contribution in [0.5, 0.6) is 0 Å². The fourth-order valence-electron chi connectivity index (χ4n) is 3.61. The molecule has 0 aliphatic carbocycles. The van der Waals surface area contributed by atoms with Gasteiger partial charge in [0.05, 0.1) is 5.75 Å². The van der Waals surface area contributed by atoms with Gasteiger partial charge in [-0.3, -0.25) is 9.89 Å². The van der Waals surface area contributed by atoms with Crippen LogP contribution < -0.4 is 5.32 Å². The molecule has 1 fully saturated rings. The molecule has 1 N–H and O–H groups in total. The molecule has 1 aliphatic rings. The number of sulfone groups is 1. The average molecular weight is 569 g/mol. The second-order valence-electron chi connectivity index (χ2n) is 7.89. The van der Waals surface area contributed by atoms with E-state index in [4.69, 9.17) is 0 Å². The molecule has 0 aromatic heterocycles. The zero-order valence-corrected chi connectivity index (χ0v) is 21.9. The lowest BCUT2D eigenvalue weighted by atomic mass is 10.1. The number of aliphatic imine (C=N–C) groups is 1. The third kappa shape index (κ3) is 8.91. The van der Waals surface area contributed by atoms with Crippen molar-refractivity contribution in [2.24, 2.45) is 4.99 Å². The van der Waals surface area contributed by atoms with Crippen molar-refractivity contribution in [1.82, 2.24) is 15.1 Å². The van der Waals surface area contributed by atoms with Crippen LogP contribution >= 0.6 is 24.0 Å². The van der Waals surface area contributed by atoms with Gasteiger partial charge in [0.2, 0.25) is 0 Å².